The number of sulfone groups is 1. The molecule has 0 radical (unpaired) electrons. The Hall–Kier alpha value is -3.13. The maximum atomic E-state index is 12.7. The lowest BCUT2D eigenvalue weighted by Gasteiger charge is -2.05. The number of carbonyl (C=O) groups excluding carboxylic acids is 1. The highest BCUT2D eigenvalue weighted by Gasteiger charge is 2.21. The van der Waals surface area contributed by atoms with Crippen molar-refractivity contribution in [3.63, 3.8) is 0 Å². The zero-order chi connectivity index (χ0) is 20.3. The summed E-state index contributed by atoms with van der Waals surface area (Å²) in [4.78, 5) is 16.0. The first-order valence-electron chi connectivity index (χ1n) is 8.36. The van der Waals surface area contributed by atoms with E-state index < -0.39 is 15.8 Å². The van der Waals surface area contributed by atoms with Crippen molar-refractivity contribution < 1.29 is 27.1 Å². The maximum absolute atomic E-state index is 12.7. The van der Waals surface area contributed by atoms with Crippen molar-refractivity contribution in [1.29, 1.82) is 0 Å². The third-order valence-corrected chi connectivity index (χ3v) is 5.80. The normalized spacial score (nSPS) is 11.2. The summed E-state index contributed by atoms with van der Waals surface area (Å²) in [7, 11) is -0.837. The van der Waals surface area contributed by atoms with Gasteiger partial charge in [0, 0.05) is 5.56 Å². The topological polar surface area (TPSA) is 95.7 Å². The first-order chi connectivity index (χ1) is 13.3. The van der Waals surface area contributed by atoms with Crippen LogP contribution in [0.3, 0.4) is 0 Å². The molecule has 0 spiro atoms. The fraction of sp³-hybridized carbons (Fsp3) is 0.200. The van der Waals surface area contributed by atoms with Gasteiger partial charge in [-0.3, -0.25) is 0 Å². The molecule has 0 aliphatic rings. The third kappa shape index (κ3) is 4.07. The molecule has 28 heavy (non-hydrogen) atoms. The number of aryl methyl sites for hydroxylation is 1. The largest absolute Gasteiger partial charge is 0.497 e. The van der Waals surface area contributed by atoms with Crippen molar-refractivity contribution in [2.24, 2.45) is 0 Å². The zero-order valence-corrected chi connectivity index (χ0v) is 16.4. The number of oxazole rings is 1. The molecule has 0 amide bonds. The summed E-state index contributed by atoms with van der Waals surface area (Å²) in [6, 6.07) is 12.8. The minimum Gasteiger partial charge on any atom is -0.497 e. The Morgan fingerprint density at radius 3 is 2.46 bits per heavy atom. The van der Waals surface area contributed by atoms with Crippen molar-refractivity contribution in [2.75, 3.05) is 14.2 Å². The summed E-state index contributed by atoms with van der Waals surface area (Å²) >= 11 is 0. The molecule has 0 fully saturated rings. The van der Waals surface area contributed by atoms with Crippen molar-refractivity contribution >= 4 is 15.8 Å². The first kappa shape index (κ1) is 19.6. The van der Waals surface area contributed by atoms with Gasteiger partial charge in [0.1, 0.15) is 17.3 Å². The van der Waals surface area contributed by atoms with Gasteiger partial charge in [-0.1, -0.05) is 6.07 Å². The van der Waals surface area contributed by atoms with Crippen molar-refractivity contribution in [1.82, 2.24) is 4.98 Å². The highest BCUT2D eigenvalue weighted by molar-refractivity contribution is 7.90. The number of aromatic nitrogens is 1. The van der Waals surface area contributed by atoms with E-state index in [1.165, 1.54) is 26.4 Å². The molecule has 3 aromatic rings. The van der Waals surface area contributed by atoms with E-state index in [-0.39, 0.29) is 16.5 Å². The van der Waals surface area contributed by atoms with Gasteiger partial charge in [-0.25, -0.2) is 18.2 Å². The van der Waals surface area contributed by atoms with E-state index in [2.05, 4.69) is 9.72 Å². The number of ether oxygens (including phenoxy) is 2. The van der Waals surface area contributed by atoms with Crippen LogP contribution in [0.1, 0.15) is 21.8 Å². The van der Waals surface area contributed by atoms with Crippen LogP contribution in [0.25, 0.3) is 11.5 Å². The molecule has 8 heteroatoms. The van der Waals surface area contributed by atoms with E-state index in [1.54, 1.807) is 43.3 Å². The van der Waals surface area contributed by atoms with Gasteiger partial charge in [-0.05, 0) is 49.4 Å². The number of hydrogen-bond acceptors (Lipinski definition) is 7. The van der Waals surface area contributed by atoms with Gasteiger partial charge in [0.15, 0.2) is 9.84 Å². The molecule has 0 aliphatic carbocycles. The Labute approximate surface area is 162 Å². The van der Waals surface area contributed by atoms with Gasteiger partial charge in [0.05, 0.1) is 30.4 Å². The second-order valence-electron chi connectivity index (χ2n) is 6.03. The molecule has 0 unspecified atom stereocenters. The molecule has 7 nitrogen and oxygen atoms in total. The summed E-state index contributed by atoms with van der Waals surface area (Å²) in [5.41, 5.74) is 1.35. The molecular weight excluding hydrogens is 382 g/mol. The number of hydrogen-bond donors (Lipinski definition) is 0. The summed E-state index contributed by atoms with van der Waals surface area (Å²) in [5.74, 6) is 0.420. The van der Waals surface area contributed by atoms with Crippen LogP contribution in [0.4, 0.5) is 0 Å². The standard InChI is InChI=1S/C20H19NO6S/c1-13-18(12-28(23,24)17-6-4-5-16(11-17)25-2)21-19(27-13)14-7-9-15(10-8-14)20(22)26-3/h4-11H,12H2,1-3H3. The Balaban J connectivity index is 1.87. The van der Waals surface area contributed by atoms with E-state index in [4.69, 9.17) is 9.15 Å². The molecule has 0 aliphatic heterocycles. The third-order valence-electron chi connectivity index (χ3n) is 4.17. The average Bonchev–Trinajstić information content (AvgIpc) is 3.07. The molecule has 3 rings (SSSR count). The number of rotatable bonds is 6. The van der Waals surface area contributed by atoms with Crippen LogP contribution in [-0.2, 0) is 20.3 Å². The molecule has 1 heterocycles. The summed E-state index contributed by atoms with van der Waals surface area (Å²) in [5, 5.41) is 0. The summed E-state index contributed by atoms with van der Waals surface area (Å²) < 4.78 is 40.9. The molecular formula is C20H19NO6S. The molecule has 0 saturated heterocycles. The lowest BCUT2D eigenvalue weighted by atomic mass is 10.1. The zero-order valence-electron chi connectivity index (χ0n) is 15.6. The Morgan fingerprint density at radius 2 is 1.82 bits per heavy atom. The lowest BCUT2D eigenvalue weighted by molar-refractivity contribution is 0.0600. The number of nitrogens with zero attached hydrogens (tertiary/aromatic N) is 1. The number of esters is 1. The van der Waals surface area contributed by atoms with Crippen molar-refractivity contribution in [3.05, 3.63) is 65.5 Å². The molecule has 146 valence electrons. The predicted molar refractivity (Wildman–Crippen MR) is 102 cm³/mol. The lowest BCUT2D eigenvalue weighted by Crippen LogP contribution is -2.06. The molecule has 0 atom stereocenters. The van der Waals surface area contributed by atoms with E-state index in [0.29, 0.717) is 28.3 Å². The van der Waals surface area contributed by atoms with Gasteiger partial charge < -0.3 is 13.9 Å². The highest BCUT2D eigenvalue weighted by atomic mass is 32.2. The van der Waals surface area contributed by atoms with Crippen LogP contribution in [0.2, 0.25) is 0 Å². The van der Waals surface area contributed by atoms with E-state index in [9.17, 15) is 13.2 Å². The van der Waals surface area contributed by atoms with Crippen molar-refractivity contribution in [3.8, 4) is 17.2 Å². The van der Waals surface area contributed by atoms with E-state index in [0.717, 1.165) is 0 Å². The Bertz CT molecular complexity index is 1100. The van der Waals surface area contributed by atoms with Gasteiger partial charge in [-0.2, -0.15) is 0 Å². The van der Waals surface area contributed by atoms with Gasteiger partial charge in [-0.15, -0.1) is 0 Å². The molecule has 0 saturated carbocycles. The number of carbonyl (C=O) groups is 1. The molecule has 0 N–H and O–H groups in total. The first-order valence-corrected chi connectivity index (χ1v) is 10.0. The average molecular weight is 401 g/mol. The highest BCUT2D eigenvalue weighted by Crippen LogP contribution is 2.26. The SMILES string of the molecule is COC(=O)c1ccc(-c2nc(CS(=O)(=O)c3cccc(OC)c3)c(C)o2)cc1. The minimum atomic E-state index is -3.62. The molecule has 0 bridgehead atoms. The minimum absolute atomic E-state index is 0.151. The summed E-state index contributed by atoms with van der Waals surface area (Å²) in [6.07, 6.45) is 0. The second-order valence-corrected chi connectivity index (χ2v) is 8.02. The van der Waals surface area contributed by atoms with Crippen LogP contribution in [0, 0.1) is 6.92 Å². The van der Waals surface area contributed by atoms with E-state index >= 15 is 0 Å². The van der Waals surface area contributed by atoms with Crippen LogP contribution < -0.4 is 4.74 Å². The smallest absolute Gasteiger partial charge is 0.337 e. The van der Waals surface area contributed by atoms with Crippen molar-refractivity contribution in [2.45, 2.75) is 17.6 Å². The quantitative estimate of drug-likeness (QED) is 0.584. The van der Waals surface area contributed by atoms with Gasteiger partial charge >= 0.3 is 5.97 Å². The maximum Gasteiger partial charge on any atom is 0.337 e. The molecule has 1 aromatic heterocycles. The van der Waals surface area contributed by atoms with Crippen LogP contribution in [0.15, 0.2) is 57.8 Å². The molecule has 2 aromatic carbocycles. The van der Waals surface area contributed by atoms with Crippen LogP contribution >= 0.6 is 0 Å². The van der Waals surface area contributed by atoms with Crippen LogP contribution in [0.5, 0.6) is 5.75 Å². The number of methoxy groups -OCH3 is 2. The van der Waals surface area contributed by atoms with Gasteiger partial charge in [0.25, 0.3) is 0 Å². The number of benzene rings is 2. The monoisotopic (exact) mass is 401 g/mol. The van der Waals surface area contributed by atoms with Crippen LogP contribution in [-0.4, -0.2) is 33.6 Å². The predicted octanol–water partition coefficient (Wildman–Crippen LogP) is 3.42. The Morgan fingerprint density at radius 1 is 1.11 bits per heavy atom. The summed E-state index contributed by atoms with van der Waals surface area (Å²) in [6.45, 7) is 1.66. The fourth-order valence-corrected chi connectivity index (χ4v) is 3.99. The fourth-order valence-electron chi connectivity index (χ4n) is 2.61. The van der Waals surface area contributed by atoms with Gasteiger partial charge in [0.2, 0.25) is 5.89 Å². The van der Waals surface area contributed by atoms with E-state index in [1.807, 2.05) is 0 Å². The Kier molecular flexibility index (Phi) is 5.51. The second kappa shape index (κ2) is 7.85.